The Labute approximate surface area is 106 Å². The van der Waals surface area contributed by atoms with Crippen LogP contribution in [0, 0.1) is 0 Å². The number of hydrogen-bond donors (Lipinski definition) is 2. The molecule has 0 saturated carbocycles. The molecule has 2 heterocycles. The molecule has 0 aromatic carbocycles. The first-order chi connectivity index (χ1) is 8.34. The highest BCUT2D eigenvalue weighted by Crippen LogP contribution is 2.35. The van der Waals surface area contributed by atoms with Gasteiger partial charge in [0.15, 0.2) is 0 Å². The smallest absolute Gasteiger partial charge is 0.227 e. The Balaban J connectivity index is 1.70. The molecule has 2 N–H and O–H groups in total. The Morgan fingerprint density at radius 2 is 2.41 bits per heavy atom. The number of hydrogen-bond acceptors (Lipinski definition) is 3. The van der Waals surface area contributed by atoms with Crippen molar-refractivity contribution in [3.05, 3.63) is 21.9 Å². The summed E-state index contributed by atoms with van der Waals surface area (Å²) in [4.78, 5) is 13.7. The Hall–Kier alpha value is -0.870. The first kappa shape index (κ1) is 11.2. The second-order valence-electron chi connectivity index (χ2n) is 4.94. The summed E-state index contributed by atoms with van der Waals surface area (Å²) in [5.74, 6) is 0.337. The second kappa shape index (κ2) is 4.78. The van der Waals surface area contributed by atoms with Gasteiger partial charge in [0.1, 0.15) is 0 Å². The largest absolute Gasteiger partial charge is 0.352 e. The molecular formula is C13H18N2OS. The van der Waals surface area contributed by atoms with E-state index in [1.54, 1.807) is 11.3 Å². The third-order valence-electron chi connectivity index (χ3n) is 3.78. The lowest BCUT2D eigenvalue weighted by atomic mass is 9.87. The number of amides is 1. The minimum atomic E-state index is 0.102. The minimum absolute atomic E-state index is 0.102. The van der Waals surface area contributed by atoms with Crippen molar-refractivity contribution >= 4 is 17.2 Å². The highest BCUT2D eigenvalue weighted by atomic mass is 32.1. The van der Waals surface area contributed by atoms with Crippen LogP contribution in [0.15, 0.2) is 11.4 Å². The molecule has 1 aromatic rings. The van der Waals surface area contributed by atoms with E-state index in [-0.39, 0.29) is 11.8 Å². The lowest BCUT2D eigenvalue weighted by Crippen LogP contribution is -2.39. The molecule has 1 aromatic heterocycles. The van der Waals surface area contributed by atoms with Crippen LogP contribution in [-0.2, 0) is 11.2 Å². The molecule has 0 spiro atoms. The molecule has 2 atom stereocenters. The van der Waals surface area contributed by atoms with E-state index in [2.05, 4.69) is 22.1 Å². The van der Waals surface area contributed by atoms with Crippen molar-refractivity contribution in [2.75, 3.05) is 13.1 Å². The van der Waals surface area contributed by atoms with Gasteiger partial charge in [-0.3, -0.25) is 4.79 Å². The van der Waals surface area contributed by atoms with Gasteiger partial charge >= 0.3 is 0 Å². The lowest BCUT2D eigenvalue weighted by molar-refractivity contribution is -0.123. The first-order valence-electron chi connectivity index (χ1n) is 6.42. The van der Waals surface area contributed by atoms with Crippen LogP contribution in [0.2, 0.25) is 0 Å². The van der Waals surface area contributed by atoms with E-state index in [1.165, 1.54) is 10.4 Å². The number of nitrogens with one attached hydrogen (secondary N) is 2. The van der Waals surface area contributed by atoms with Gasteiger partial charge < -0.3 is 10.6 Å². The van der Waals surface area contributed by atoms with E-state index in [0.717, 1.165) is 38.8 Å². The summed E-state index contributed by atoms with van der Waals surface area (Å²) >= 11 is 1.80. The Bertz CT molecular complexity index is 409. The molecule has 4 heteroatoms. The molecule has 1 aliphatic carbocycles. The molecule has 1 saturated heterocycles. The molecule has 3 rings (SSSR count). The van der Waals surface area contributed by atoms with Gasteiger partial charge in [-0.25, -0.2) is 0 Å². The van der Waals surface area contributed by atoms with Gasteiger partial charge in [0.2, 0.25) is 5.91 Å². The molecule has 1 fully saturated rings. The van der Waals surface area contributed by atoms with Gasteiger partial charge in [0, 0.05) is 17.5 Å². The molecule has 1 amide bonds. The van der Waals surface area contributed by atoms with Crippen molar-refractivity contribution in [2.24, 2.45) is 0 Å². The summed E-state index contributed by atoms with van der Waals surface area (Å²) in [6, 6.07) is 2.47. The van der Waals surface area contributed by atoms with Gasteiger partial charge in [-0.05, 0) is 49.2 Å². The van der Waals surface area contributed by atoms with Crippen LogP contribution < -0.4 is 10.6 Å². The number of carbonyl (C=O) groups excluding carboxylic acids is 1. The van der Waals surface area contributed by atoms with Crippen molar-refractivity contribution in [2.45, 2.75) is 37.6 Å². The number of fused-ring (bicyclic) bond motifs is 1. The predicted molar refractivity (Wildman–Crippen MR) is 69.4 cm³/mol. The van der Waals surface area contributed by atoms with Crippen LogP contribution >= 0.6 is 11.3 Å². The van der Waals surface area contributed by atoms with Gasteiger partial charge in [-0.2, -0.15) is 0 Å². The van der Waals surface area contributed by atoms with Crippen molar-refractivity contribution in [1.29, 1.82) is 0 Å². The van der Waals surface area contributed by atoms with Crippen LogP contribution in [0.5, 0.6) is 0 Å². The third-order valence-corrected chi connectivity index (χ3v) is 4.77. The first-order valence-corrected chi connectivity index (χ1v) is 7.30. The number of carbonyl (C=O) groups is 1. The maximum Gasteiger partial charge on any atom is 0.227 e. The van der Waals surface area contributed by atoms with Crippen molar-refractivity contribution in [3.63, 3.8) is 0 Å². The Morgan fingerprint density at radius 3 is 3.24 bits per heavy atom. The zero-order chi connectivity index (χ0) is 11.7. The van der Waals surface area contributed by atoms with Crippen LogP contribution in [0.3, 0.4) is 0 Å². The number of aryl methyl sites for hydroxylation is 1. The normalized spacial score (nSPS) is 27.8. The van der Waals surface area contributed by atoms with Gasteiger partial charge in [-0.15, -0.1) is 11.3 Å². The average Bonchev–Trinajstić information content (AvgIpc) is 2.97. The predicted octanol–water partition coefficient (Wildman–Crippen LogP) is 1.65. The van der Waals surface area contributed by atoms with Gasteiger partial charge in [0.05, 0.1) is 5.92 Å². The molecule has 2 unspecified atom stereocenters. The maximum atomic E-state index is 12.3. The van der Waals surface area contributed by atoms with Crippen LogP contribution in [0.25, 0.3) is 0 Å². The quantitative estimate of drug-likeness (QED) is 0.838. The standard InChI is InChI=1S/C13H18N2OS/c16-13(15-9-4-6-14-8-9)11-2-1-3-12-10(11)5-7-17-12/h5,7,9,11,14H,1-4,6,8H2,(H,15,16). The van der Waals surface area contributed by atoms with E-state index in [1.807, 2.05) is 0 Å². The fraction of sp³-hybridized carbons (Fsp3) is 0.615. The molecular weight excluding hydrogens is 232 g/mol. The number of rotatable bonds is 2. The fourth-order valence-electron chi connectivity index (χ4n) is 2.84. The van der Waals surface area contributed by atoms with E-state index < -0.39 is 0 Å². The third kappa shape index (κ3) is 2.24. The SMILES string of the molecule is O=C(NC1CCNC1)C1CCCc2sccc21. The van der Waals surface area contributed by atoms with Gasteiger partial charge in [0.25, 0.3) is 0 Å². The maximum absolute atomic E-state index is 12.3. The number of thiophene rings is 1. The van der Waals surface area contributed by atoms with Crippen LogP contribution in [-0.4, -0.2) is 25.0 Å². The average molecular weight is 250 g/mol. The fourth-order valence-corrected chi connectivity index (χ4v) is 3.83. The molecule has 0 bridgehead atoms. The molecule has 17 heavy (non-hydrogen) atoms. The summed E-state index contributed by atoms with van der Waals surface area (Å²) in [5.41, 5.74) is 1.28. The summed E-state index contributed by atoms with van der Waals surface area (Å²) in [5, 5.41) is 8.58. The van der Waals surface area contributed by atoms with E-state index in [9.17, 15) is 4.79 Å². The van der Waals surface area contributed by atoms with E-state index in [0.29, 0.717) is 6.04 Å². The van der Waals surface area contributed by atoms with Crippen LogP contribution in [0.4, 0.5) is 0 Å². The zero-order valence-corrected chi connectivity index (χ0v) is 10.7. The molecule has 3 nitrogen and oxygen atoms in total. The highest BCUT2D eigenvalue weighted by molar-refractivity contribution is 7.10. The summed E-state index contributed by atoms with van der Waals surface area (Å²) < 4.78 is 0. The van der Waals surface area contributed by atoms with Gasteiger partial charge in [-0.1, -0.05) is 0 Å². The van der Waals surface area contributed by atoms with E-state index in [4.69, 9.17) is 0 Å². The minimum Gasteiger partial charge on any atom is -0.352 e. The zero-order valence-electron chi connectivity index (χ0n) is 9.87. The Kier molecular flexibility index (Phi) is 3.16. The topological polar surface area (TPSA) is 41.1 Å². The Morgan fingerprint density at radius 1 is 1.47 bits per heavy atom. The molecule has 0 radical (unpaired) electrons. The van der Waals surface area contributed by atoms with Crippen molar-refractivity contribution in [3.8, 4) is 0 Å². The summed E-state index contributed by atoms with van der Waals surface area (Å²) in [6.07, 6.45) is 4.38. The summed E-state index contributed by atoms with van der Waals surface area (Å²) in [7, 11) is 0. The van der Waals surface area contributed by atoms with Crippen molar-refractivity contribution < 1.29 is 4.79 Å². The summed E-state index contributed by atoms with van der Waals surface area (Å²) in [6.45, 7) is 1.95. The van der Waals surface area contributed by atoms with Crippen LogP contribution in [0.1, 0.15) is 35.6 Å². The molecule has 92 valence electrons. The molecule has 2 aliphatic rings. The highest BCUT2D eigenvalue weighted by Gasteiger charge is 2.29. The van der Waals surface area contributed by atoms with Crippen molar-refractivity contribution in [1.82, 2.24) is 10.6 Å². The molecule has 1 aliphatic heterocycles. The second-order valence-corrected chi connectivity index (χ2v) is 5.94. The van der Waals surface area contributed by atoms with E-state index >= 15 is 0 Å². The lowest BCUT2D eigenvalue weighted by Gasteiger charge is -2.23. The monoisotopic (exact) mass is 250 g/mol.